The van der Waals surface area contributed by atoms with Crippen molar-refractivity contribution in [1.82, 2.24) is 14.7 Å². The molecule has 0 radical (unpaired) electrons. The maximum Gasteiger partial charge on any atom is 0.274 e. The first kappa shape index (κ1) is 14.7. The van der Waals surface area contributed by atoms with Crippen molar-refractivity contribution >= 4 is 5.91 Å². The lowest BCUT2D eigenvalue weighted by Crippen LogP contribution is -2.47. The highest BCUT2D eigenvalue weighted by Gasteiger charge is 2.27. The van der Waals surface area contributed by atoms with E-state index in [1.165, 1.54) is 10.7 Å². The van der Waals surface area contributed by atoms with Crippen LogP contribution in [0.4, 0.5) is 4.39 Å². The van der Waals surface area contributed by atoms with Gasteiger partial charge in [0.15, 0.2) is 5.69 Å². The maximum absolute atomic E-state index is 13.8. The summed E-state index contributed by atoms with van der Waals surface area (Å²) in [6.45, 7) is 1.16. The van der Waals surface area contributed by atoms with Gasteiger partial charge in [-0.1, -0.05) is 12.1 Å². The van der Waals surface area contributed by atoms with Crippen LogP contribution in [0, 0.1) is 5.82 Å². The number of hydrogen-bond acceptors (Lipinski definition) is 3. The normalized spacial score (nSPS) is 18.5. The van der Waals surface area contributed by atoms with Crippen LogP contribution in [-0.4, -0.2) is 39.7 Å². The molecule has 1 aromatic heterocycles. The predicted molar refractivity (Wildman–Crippen MR) is 81.3 cm³/mol. The largest absolute Gasteiger partial charge is 0.333 e. The Hall–Kier alpha value is -2.21. The molecule has 0 aliphatic carbocycles. The number of halogens is 1. The summed E-state index contributed by atoms with van der Waals surface area (Å²) in [7, 11) is 0. The zero-order chi connectivity index (χ0) is 15.5. The Morgan fingerprint density at radius 2 is 2.14 bits per heavy atom. The molecule has 1 aromatic carbocycles. The standard InChI is InChI=1S/C16H19FN4O/c17-13-6-1-2-7-15(13)21-10-8-14(19-21)16(22)20-9-4-3-5-12(20)11-18/h1-2,6-8,10,12H,3-5,9,11,18H2/t12-/m0/s1. The average Bonchev–Trinajstić information content (AvgIpc) is 3.04. The van der Waals surface area contributed by atoms with Crippen molar-refractivity contribution in [3.05, 3.63) is 48.0 Å². The summed E-state index contributed by atoms with van der Waals surface area (Å²) >= 11 is 0. The topological polar surface area (TPSA) is 64.2 Å². The third-order valence-corrected chi connectivity index (χ3v) is 4.07. The van der Waals surface area contributed by atoms with Gasteiger partial charge in [-0.15, -0.1) is 0 Å². The minimum atomic E-state index is -0.373. The number of para-hydroxylation sites is 1. The second kappa shape index (κ2) is 6.27. The summed E-state index contributed by atoms with van der Waals surface area (Å²) in [5, 5.41) is 4.23. The number of likely N-dealkylation sites (tertiary alicyclic amines) is 1. The van der Waals surface area contributed by atoms with Gasteiger partial charge in [-0.05, 0) is 37.5 Å². The molecule has 2 N–H and O–H groups in total. The molecule has 1 saturated heterocycles. The van der Waals surface area contributed by atoms with Crippen LogP contribution in [0.15, 0.2) is 36.5 Å². The van der Waals surface area contributed by atoms with E-state index < -0.39 is 0 Å². The number of carbonyl (C=O) groups is 1. The Bertz CT molecular complexity index is 670. The Morgan fingerprint density at radius 3 is 2.91 bits per heavy atom. The van der Waals surface area contributed by atoms with Crippen LogP contribution >= 0.6 is 0 Å². The van der Waals surface area contributed by atoms with E-state index in [-0.39, 0.29) is 17.8 Å². The highest BCUT2D eigenvalue weighted by molar-refractivity contribution is 5.92. The first-order valence-electron chi connectivity index (χ1n) is 7.52. The van der Waals surface area contributed by atoms with E-state index in [1.54, 1.807) is 35.4 Å². The summed E-state index contributed by atoms with van der Waals surface area (Å²) in [5.41, 5.74) is 6.41. The van der Waals surface area contributed by atoms with E-state index in [2.05, 4.69) is 5.10 Å². The third kappa shape index (κ3) is 2.74. The van der Waals surface area contributed by atoms with Crippen molar-refractivity contribution in [2.75, 3.05) is 13.1 Å². The van der Waals surface area contributed by atoms with Crippen LogP contribution in [0.1, 0.15) is 29.8 Å². The number of aromatic nitrogens is 2. The Balaban J connectivity index is 1.84. The van der Waals surface area contributed by atoms with Gasteiger partial charge in [0.05, 0.1) is 0 Å². The van der Waals surface area contributed by atoms with E-state index in [9.17, 15) is 9.18 Å². The van der Waals surface area contributed by atoms with Crippen molar-refractivity contribution in [2.45, 2.75) is 25.3 Å². The molecule has 1 aliphatic rings. The summed E-state index contributed by atoms with van der Waals surface area (Å²) in [6.07, 6.45) is 4.61. The van der Waals surface area contributed by atoms with Crippen LogP contribution < -0.4 is 5.73 Å². The smallest absolute Gasteiger partial charge is 0.274 e. The molecule has 0 spiro atoms. The Morgan fingerprint density at radius 1 is 1.32 bits per heavy atom. The number of amides is 1. The van der Waals surface area contributed by atoms with Gasteiger partial charge in [-0.25, -0.2) is 9.07 Å². The molecule has 3 rings (SSSR count). The maximum atomic E-state index is 13.8. The fraction of sp³-hybridized carbons (Fsp3) is 0.375. The summed E-state index contributed by atoms with van der Waals surface area (Å²) in [5.74, 6) is -0.507. The fourth-order valence-electron chi connectivity index (χ4n) is 2.87. The highest BCUT2D eigenvalue weighted by atomic mass is 19.1. The number of hydrogen-bond donors (Lipinski definition) is 1. The van der Waals surface area contributed by atoms with Gasteiger partial charge in [0.25, 0.3) is 5.91 Å². The molecule has 5 nitrogen and oxygen atoms in total. The van der Waals surface area contributed by atoms with Crippen molar-refractivity contribution < 1.29 is 9.18 Å². The van der Waals surface area contributed by atoms with E-state index in [4.69, 9.17) is 5.73 Å². The first-order valence-corrected chi connectivity index (χ1v) is 7.52. The van der Waals surface area contributed by atoms with Gasteiger partial charge in [-0.2, -0.15) is 5.10 Å². The van der Waals surface area contributed by atoms with Gasteiger partial charge in [0, 0.05) is 25.3 Å². The van der Waals surface area contributed by atoms with Crippen LogP contribution in [0.25, 0.3) is 5.69 Å². The SMILES string of the molecule is NC[C@@H]1CCCCN1C(=O)c1ccn(-c2ccccc2F)n1. The number of piperidine rings is 1. The van der Waals surface area contributed by atoms with Crippen molar-refractivity contribution in [2.24, 2.45) is 5.73 Å². The Labute approximate surface area is 128 Å². The molecular weight excluding hydrogens is 283 g/mol. The van der Waals surface area contributed by atoms with Gasteiger partial charge >= 0.3 is 0 Å². The number of benzene rings is 1. The predicted octanol–water partition coefficient (Wildman–Crippen LogP) is 1.96. The van der Waals surface area contributed by atoms with Crippen LogP contribution in [-0.2, 0) is 0 Å². The molecule has 1 amide bonds. The van der Waals surface area contributed by atoms with E-state index in [0.717, 1.165) is 19.3 Å². The van der Waals surface area contributed by atoms with Crippen molar-refractivity contribution in [3.63, 3.8) is 0 Å². The third-order valence-electron chi connectivity index (χ3n) is 4.07. The lowest BCUT2D eigenvalue weighted by atomic mass is 10.0. The van der Waals surface area contributed by atoms with E-state index in [0.29, 0.717) is 24.5 Å². The van der Waals surface area contributed by atoms with Gasteiger partial charge in [0.2, 0.25) is 0 Å². The minimum Gasteiger partial charge on any atom is -0.333 e. The van der Waals surface area contributed by atoms with Gasteiger partial charge in [0.1, 0.15) is 11.5 Å². The van der Waals surface area contributed by atoms with Crippen LogP contribution in [0.5, 0.6) is 0 Å². The Kier molecular flexibility index (Phi) is 4.20. The number of nitrogens with two attached hydrogens (primary N) is 1. The molecule has 0 saturated carbocycles. The summed E-state index contributed by atoms with van der Waals surface area (Å²) in [6, 6.07) is 8.04. The fourth-order valence-corrected chi connectivity index (χ4v) is 2.87. The lowest BCUT2D eigenvalue weighted by molar-refractivity contribution is 0.0616. The van der Waals surface area contributed by atoms with Gasteiger partial charge in [-0.3, -0.25) is 4.79 Å². The highest BCUT2D eigenvalue weighted by Crippen LogP contribution is 2.19. The zero-order valence-corrected chi connectivity index (χ0v) is 12.3. The summed E-state index contributed by atoms with van der Waals surface area (Å²) < 4.78 is 15.2. The molecule has 22 heavy (non-hydrogen) atoms. The quantitative estimate of drug-likeness (QED) is 0.942. The monoisotopic (exact) mass is 302 g/mol. The molecule has 0 bridgehead atoms. The minimum absolute atomic E-state index is 0.0693. The molecular formula is C16H19FN4O. The second-order valence-corrected chi connectivity index (χ2v) is 5.48. The molecule has 0 unspecified atom stereocenters. The number of rotatable bonds is 3. The van der Waals surface area contributed by atoms with E-state index in [1.807, 2.05) is 0 Å². The van der Waals surface area contributed by atoms with Gasteiger partial charge < -0.3 is 10.6 Å². The molecule has 116 valence electrons. The summed E-state index contributed by atoms with van der Waals surface area (Å²) in [4.78, 5) is 14.4. The van der Waals surface area contributed by atoms with Crippen LogP contribution in [0.3, 0.4) is 0 Å². The van der Waals surface area contributed by atoms with Crippen molar-refractivity contribution in [1.29, 1.82) is 0 Å². The molecule has 2 aromatic rings. The number of carbonyl (C=O) groups excluding carboxylic acids is 1. The zero-order valence-electron chi connectivity index (χ0n) is 12.3. The molecule has 1 fully saturated rings. The van der Waals surface area contributed by atoms with Crippen molar-refractivity contribution in [3.8, 4) is 5.69 Å². The second-order valence-electron chi connectivity index (χ2n) is 5.48. The molecule has 6 heteroatoms. The average molecular weight is 302 g/mol. The lowest BCUT2D eigenvalue weighted by Gasteiger charge is -2.34. The van der Waals surface area contributed by atoms with E-state index >= 15 is 0 Å². The molecule has 2 heterocycles. The molecule has 1 atom stereocenters. The van der Waals surface area contributed by atoms with Crippen LogP contribution in [0.2, 0.25) is 0 Å². The first-order chi connectivity index (χ1) is 10.7. The molecule has 1 aliphatic heterocycles. The number of nitrogens with zero attached hydrogens (tertiary/aromatic N) is 3.